The largest absolute Gasteiger partial charge is 0.478 e. The lowest BCUT2D eigenvalue weighted by Gasteiger charge is -2.19. The highest BCUT2D eigenvalue weighted by Gasteiger charge is 2.39. The second kappa shape index (κ2) is 8.83. The molecule has 0 bridgehead atoms. The first-order chi connectivity index (χ1) is 15.0. The molecule has 2 aromatic carbocycles. The van der Waals surface area contributed by atoms with Gasteiger partial charge in [0.05, 0.1) is 17.2 Å². The number of anilines is 1. The highest BCUT2D eigenvalue weighted by molar-refractivity contribution is 6.30. The standard InChI is InChI=1S/C21H14ClF4N3O3/c22-13-8-12(9-14(10-13)29-6-5-18(27)28-20(29)32)16(21(24,25)26)4-2-11-1-3-15(19(30)31)17(23)7-11/h1-10,16H,(H,30,31)(H2,27,28,32)/b4-2+. The first-order valence-corrected chi connectivity index (χ1v) is 9.27. The molecule has 3 N–H and O–H groups in total. The molecular formula is C21H14ClF4N3O3. The average molecular weight is 468 g/mol. The van der Waals surface area contributed by atoms with E-state index >= 15 is 0 Å². The van der Waals surface area contributed by atoms with Crippen LogP contribution in [0.3, 0.4) is 0 Å². The molecule has 0 aliphatic heterocycles. The van der Waals surface area contributed by atoms with Crippen molar-refractivity contribution in [2.24, 2.45) is 0 Å². The number of aromatic nitrogens is 2. The second-order valence-corrected chi connectivity index (χ2v) is 7.11. The minimum absolute atomic E-state index is 0.0305. The van der Waals surface area contributed by atoms with Crippen LogP contribution in [0.25, 0.3) is 11.8 Å². The molecule has 0 spiro atoms. The lowest BCUT2D eigenvalue weighted by molar-refractivity contribution is -0.139. The van der Waals surface area contributed by atoms with Gasteiger partial charge in [-0.3, -0.25) is 4.57 Å². The minimum Gasteiger partial charge on any atom is -0.478 e. The molecule has 0 radical (unpaired) electrons. The molecule has 6 nitrogen and oxygen atoms in total. The summed E-state index contributed by atoms with van der Waals surface area (Å²) in [6.07, 6.45) is -1.69. The van der Waals surface area contributed by atoms with E-state index in [0.717, 1.165) is 41.0 Å². The summed E-state index contributed by atoms with van der Waals surface area (Å²) in [7, 11) is 0. The number of allylic oxidation sites excluding steroid dienone is 1. The monoisotopic (exact) mass is 467 g/mol. The summed E-state index contributed by atoms with van der Waals surface area (Å²) in [6.45, 7) is 0. The number of nitrogens with zero attached hydrogens (tertiary/aromatic N) is 2. The van der Waals surface area contributed by atoms with Crippen molar-refractivity contribution in [3.63, 3.8) is 0 Å². The maximum Gasteiger partial charge on any atom is 0.399 e. The van der Waals surface area contributed by atoms with E-state index in [-0.39, 0.29) is 27.7 Å². The van der Waals surface area contributed by atoms with Gasteiger partial charge in [-0.25, -0.2) is 14.0 Å². The summed E-state index contributed by atoms with van der Waals surface area (Å²) in [5, 5.41) is 8.80. The molecule has 1 heterocycles. The van der Waals surface area contributed by atoms with Gasteiger partial charge in [-0.15, -0.1) is 0 Å². The van der Waals surface area contributed by atoms with Crippen molar-refractivity contribution in [2.75, 3.05) is 5.73 Å². The van der Waals surface area contributed by atoms with Gasteiger partial charge in [-0.2, -0.15) is 18.2 Å². The molecule has 3 aromatic rings. The number of alkyl halides is 3. The fourth-order valence-corrected chi connectivity index (χ4v) is 3.19. The number of carboxylic acids is 1. The maximum absolute atomic E-state index is 13.8. The van der Waals surface area contributed by atoms with Gasteiger partial charge in [0.15, 0.2) is 0 Å². The summed E-state index contributed by atoms with van der Waals surface area (Å²) in [5.41, 5.74) is 3.84. The fraction of sp³-hybridized carbons (Fsp3) is 0.0952. The SMILES string of the molecule is Nc1ccn(-c2cc(Cl)cc(C(/C=C/c3ccc(C(=O)O)c(F)c3)C(F)(F)F)c2)c(=O)n1. The number of halogens is 5. The third kappa shape index (κ3) is 5.14. The number of rotatable bonds is 5. The van der Waals surface area contributed by atoms with E-state index in [1.54, 1.807) is 0 Å². The Labute approximate surface area is 183 Å². The van der Waals surface area contributed by atoms with Gasteiger partial charge >= 0.3 is 17.8 Å². The topological polar surface area (TPSA) is 98.2 Å². The zero-order chi connectivity index (χ0) is 23.6. The third-order valence-corrected chi connectivity index (χ3v) is 4.64. The van der Waals surface area contributed by atoms with E-state index in [4.69, 9.17) is 22.4 Å². The first kappa shape index (κ1) is 23.0. The van der Waals surface area contributed by atoms with Gasteiger partial charge < -0.3 is 10.8 Å². The maximum atomic E-state index is 13.8. The van der Waals surface area contributed by atoms with Gasteiger partial charge in [-0.05, 0) is 47.5 Å². The van der Waals surface area contributed by atoms with E-state index in [9.17, 15) is 27.2 Å². The van der Waals surface area contributed by atoms with Crippen molar-refractivity contribution in [3.8, 4) is 5.69 Å². The number of nitrogen functional groups attached to an aromatic ring is 1. The molecule has 3 rings (SSSR count). The summed E-state index contributed by atoms with van der Waals surface area (Å²) >= 11 is 6.01. The van der Waals surface area contributed by atoms with Crippen molar-refractivity contribution in [2.45, 2.75) is 12.1 Å². The molecule has 0 aliphatic rings. The van der Waals surface area contributed by atoms with Crippen LogP contribution in [-0.2, 0) is 0 Å². The van der Waals surface area contributed by atoms with Crippen molar-refractivity contribution >= 4 is 29.5 Å². The van der Waals surface area contributed by atoms with Crippen LogP contribution in [0.4, 0.5) is 23.4 Å². The highest BCUT2D eigenvalue weighted by Crippen LogP contribution is 2.38. The molecule has 0 saturated carbocycles. The Kier molecular flexibility index (Phi) is 6.35. The van der Waals surface area contributed by atoms with Crippen LogP contribution in [0.1, 0.15) is 27.4 Å². The molecular weight excluding hydrogens is 454 g/mol. The molecule has 11 heteroatoms. The number of carboxylic acid groups (broad SMARTS) is 1. The third-order valence-electron chi connectivity index (χ3n) is 4.42. The second-order valence-electron chi connectivity index (χ2n) is 6.67. The van der Waals surface area contributed by atoms with Crippen molar-refractivity contribution in [1.82, 2.24) is 9.55 Å². The predicted octanol–water partition coefficient (Wildman–Crippen LogP) is 4.66. The van der Waals surface area contributed by atoms with E-state index in [1.165, 1.54) is 24.4 Å². The lowest BCUT2D eigenvalue weighted by atomic mass is 9.96. The molecule has 0 fully saturated rings. The Bertz CT molecular complexity index is 1270. The Morgan fingerprint density at radius 1 is 1.19 bits per heavy atom. The summed E-state index contributed by atoms with van der Waals surface area (Å²) in [6, 6.07) is 7.77. The zero-order valence-corrected chi connectivity index (χ0v) is 16.7. The molecule has 166 valence electrons. The van der Waals surface area contributed by atoms with Crippen LogP contribution in [0.5, 0.6) is 0 Å². The molecule has 1 atom stereocenters. The summed E-state index contributed by atoms with van der Waals surface area (Å²) in [4.78, 5) is 26.5. The number of aromatic carboxylic acids is 1. The number of nitrogens with two attached hydrogens (primary N) is 1. The van der Waals surface area contributed by atoms with Crippen LogP contribution >= 0.6 is 11.6 Å². The first-order valence-electron chi connectivity index (χ1n) is 8.89. The van der Waals surface area contributed by atoms with Crippen molar-refractivity contribution < 1.29 is 27.5 Å². The molecule has 1 aromatic heterocycles. The van der Waals surface area contributed by atoms with Gasteiger partial charge in [-0.1, -0.05) is 29.8 Å². The molecule has 0 aliphatic carbocycles. The Hall–Kier alpha value is -3.66. The van der Waals surface area contributed by atoms with Crippen LogP contribution in [0, 0.1) is 5.82 Å². The smallest absolute Gasteiger partial charge is 0.399 e. The molecule has 0 amide bonds. The van der Waals surface area contributed by atoms with Crippen LogP contribution < -0.4 is 11.4 Å². The quantitative estimate of drug-likeness (QED) is 0.532. The van der Waals surface area contributed by atoms with Crippen LogP contribution in [0.2, 0.25) is 5.02 Å². The molecule has 1 unspecified atom stereocenters. The van der Waals surface area contributed by atoms with E-state index < -0.39 is 35.1 Å². The van der Waals surface area contributed by atoms with Crippen molar-refractivity contribution in [1.29, 1.82) is 0 Å². The summed E-state index contributed by atoms with van der Waals surface area (Å²) in [5.74, 6) is -4.78. The van der Waals surface area contributed by atoms with Gasteiger partial charge in [0.1, 0.15) is 11.6 Å². The van der Waals surface area contributed by atoms with E-state index in [2.05, 4.69) is 4.98 Å². The van der Waals surface area contributed by atoms with Crippen molar-refractivity contribution in [3.05, 3.63) is 92.8 Å². The Morgan fingerprint density at radius 2 is 1.91 bits per heavy atom. The Morgan fingerprint density at radius 3 is 2.50 bits per heavy atom. The molecule has 0 saturated heterocycles. The predicted molar refractivity (Wildman–Crippen MR) is 110 cm³/mol. The zero-order valence-electron chi connectivity index (χ0n) is 16.0. The fourth-order valence-electron chi connectivity index (χ4n) is 2.95. The van der Waals surface area contributed by atoms with E-state index in [1.807, 2.05) is 0 Å². The average Bonchev–Trinajstić information content (AvgIpc) is 2.66. The van der Waals surface area contributed by atoms with Gasteiger partial charge in [0, 0.05) is 11.2 Å². The number of hydrogen-bond donors (Lipinski definition) is 2. The lowest BCUT2D eigenvalue weighted by Crippen LogP contribution is -2.23. The van der Waals surface area contributed by atoms with Gasteiger partial charge in [0.25, 0.3) is 0 Å². The number of carbonyl (C=O) groups is 1. The number of benzene rings is 2. The molecule has 32 heavy (non-hydrogen) atoms. The van der Waals surface area contributed by atoms with E-state index in [0.29, 0.717) is 0 Å². The minimum atomic E-state index is -4.75. The highest BCUT2D eigenvalue weighted by atomic mass is 35.5. The number of hydrogen-bond acceptors (Lipinski definition) is 4. The summed E-state index contributed by atoms with van der Waals surface area (Å²) < 4.78 is 56.3. The Balaban J connectivity index is 2.04. The van der Waals surface area contributed by atoms with Crippen LogP contribution in [0.15, 0.2) is 59.5 Å². The normalized spacial score (nSPS) is 12.8. The van der Waals surface area contributed by atoms with Crippen LogP contribution in [-0.4, -0.2) is 26.8 Å². The van der Waals surface area contributed by atoms with Gasteiger partial charge in [0.2, 0.25) is 0 Å².